The Bertz CT molecular complexity index is 956. The van der Waals surface area contributed by atoms with Crippen molar-refractivity contribution in [2.45, 2.75) is 12.2 Å². The molecule has 1 aliphatic heterocycles. The average Bonchev–Trinajstić information content (AvgIpc) is 3.09. The lowest BCUT2D eigenvalue weighted by Crippen LogP contribution is -2.20. The van der Waals surface area contributed by atoms with Crippen molar-refractivity contribution >= 4 is 11.6 Å². The summed E-state index contributed by atoms with van der Waals surface area (Å²) in [6.45, 7) is 0. The van der Waals surface area contributed by atoms with Gasteiger partial charge in [-0.1, -0.05) is 12.1 Å². The molecule has 1 aliphatic rings. The highest BCUT2D eigenvalue weighted by molar-refractivity contribution is 5.77. The van der Waals surface area contributed by atoms with Crippen LogP contribution in [0.3, 0.4) is 0 Å². The zero-order valence-corrected chi connectivity index (χ0v) is 13.2. The standard InChI is InChI=1S/C18H12F4N4/c19-14-7-3-11(4-8-14)15-9-16(26-17(25-15)23-10-24-26)12-1-5-13(6-2-12)18(20,21)22/h1-10,16H,(H,23,24,25). The zero-order chi connectivity index (χ0) is 18.3. The van der Waals surface area contributed by atoms with Crippen molar-refractivity contribution in [3.63, 3.8) is 0 Å². The van der Waals surface area contributed by atoms with E-state index < -0.39 is 17.8 Å². The number of halogens is 4. The van der Waals surface area contributed by atoms with E-state index in [1.54, 1.807) is 16.8 Å². The Morgan fingerprint density at radius 3 is 2.31 bits per heavy atom. The fourth-order valence-electron chi connectivity index (χ4n) is 2.84. The van der Waals surface area contributed by atoms with Crippen LogP contribution < -0.4 is 5.32 Å². The summed E-state index contributed by atoms with van der Waals surface area (Å²) in [6.07, 6.45) is -1.21. The number of nitrogens with one attached hydrogen (secondary N) is 1. The van der Waals surface area contributed by atoms with Gasteiger partial charge in [-0.05, 0) is 53.6 Å². The van der Waals surface area contributed by atoms with E-state index in [1.807, 2.05) is 6.08 Å². The first-order chi connectivity index (χ1) is 12.4. The van der Waals surface area contributed by atoms with E-state index in [0.717, 1.165) is 17.7 Å². The van der Waals surface area contributed by atoms with Crippen LogP contribution in [0.25, 0.3) is 5.70 Å². The van der Waals surface area contributed by atoms with E-state index in [-0.39, 0.29) is 5.82 Å². The molecule has 8 heteroatoms. The van der Waals surface area contributed by atoms with E-state index in [2.05, 4.69) is 15.4 Å². The lowest BCUT2D eigenvalue weighted by molar-refractivity contribution is -0.137. The first-order valence-electron chi connectivity index (χ1n) is 7.73. The number of rotatable bonds is 2. The highest BCUT2D eigenvalue weighted by Crippen LogP contribution is 2.34. The predicted octanol–water partition coefficient (Wildman–Crippen LogP) is 4.49. The Morgan fingerprint density at radius 1 is 0.962 bits per heavy atom. The third kappa shape index (κ3) is 2.94. The van der Waals surface area contributed by atoms with Gasteiger partial charge in [0.1, 0.15) is 18.2 Å². The Hall–Kier alpha value is -3.16. The minimum Gasteiger partial charge on any atom is -0.324 e. The molecule has 0 saturated carbocycles. The molecule has 0 radical (unpaired) electrons. The van der Waals surface area contributed by atoms with Crippen LogP contribution in [0.15, 0.2) is 60.9 Å². The summed E-state index contributed by atoms with van der Waals surface area (Å²) in [5.41, 5.74) is 1.33. The van der Waals surface area contributed by atoms with Gasteiger partial charge < -0.3 is 5.32 Å². The molecule has 1 atom stereocenters. The van der Waals surface area contributed by atoms with E-state index >= 15 is 0 Å². The summed E-state index contributed by atoms with van der Waals surface area (Å²) < 4.78 is 53.1. The molecule has 4 nitrogen and oxygen atoms in total. The molecule has 1 unspecified atom stereocenters. The van der Waals surface area contributed by atoms with Gasteiger partial charge in [0.05, 0.1) is 5.56 Å². The Balaban J connectivity index is 1.75. The highest BCUT2D eigenvalue weighted by atomic mass is 19.4. The maximum absolute atomic E-state index is 13.2. The molecule has 3 aromatic rings. The van der Waals surface area contributed by atoms with Crippen LogP contribution in [0.2, 0.25) is 0 Å². The summed E-state index contributed by atoms with van der Waals surface area (Å²) in [4.78, 5) is 4.13. The SMILES string of the molecule is Fc1ccc(C2=CC(c3ccc(C(F)(F)F)cc3)n3ncnc3N2)cc1. The van der Waals surface area contributed by atoms with Gasteiger partial charge in [-0.2, -0.15) is 23.3 Å². The molecule has 1 aromatic heterocycles. The lowest BCUT2D eigenvalue weighted by atomic mass is 10.0. The molecule has 26 heavy (non-hydrogen) atoms. The van der Waals surface area contributed by atoms with Gasteiger partial charge in [0.15, 0.2) is 0 Å². The Morgan fingerprint density at radius 2 is 1.65 bits per heavy atom. The second kappa shape index (κ2) is 5.98. The number of hydrogen-bond donors (Lipinski definition) is 1. The molecule has 132 valence electrons. The van der Waals surface area contributed by atoms with Gasteiger partial charge >= 0.3 is 6.18 Å². The molecular weight excluding hydrogens is 348 g/mol. The van der Waals surface area contributed by atoms with Gasteiger partial charge in [-0.3, -0.25) is 0 Å². The van der Waals surface area contributed by atoms with Gasteiger partial charge in [0.25, 0.3) is 0 Å². The number of aromatic nitrogens is 3. The third-order valence-electron chi connectivity index (χ3n) is 4.14. The maximum Gasteiger partial charge on any atom is 0.416 e. The predicted molar refractivity (Wildman–Crippen MR) is 87.6 cm³/mol. The molecule has 0 bridgehead atoms. The van der Waals surface area contributed by atoms with Crippen LogP contribution in [-0.2, 0) is 6.18 Å². The molecule has 0 amide bonds. The van der Waals surface area contributed by atoms with Crippen LogP contribution in [0.1, 0.15) is 22.7 Å². The minimum absolute atomic E-state index is 0.354. The molecule has 2 aromatic carbocycles. The van der Waals surface area contributed by atoms with Crippen LogP contribution in [-0.4, -0.2) is 14.8 Å². The van der Waals surface area contributed by atoms with Crippen molar-refractivity contribution in [1.82, 2.24) is 14.8 Å². The van der Waals surface area contributed by atoms with Crippen molar-refractivity contribution in [1.29, 1.82) is 0 Å². The molecule has 0 aliphatic carbocycles. The zero-order valence-electron chi connectivity index (χ0n) is 13.2. The van der Waals surface area contributed by atoms with E-state index in [0.29, 0.717) is 17.2 Å². The van der Waals surface area contributed by atoms with Crippen molar-refractivity contribution in [3.05, 3.63) is 83.4 Å². The summed E-state index contributed by atoms with van der Waals surface area (Å²) in [5, 5.41) is 7.24. The molecule has 4 rings (SSSR count). The first kappa shape index (κ1) is 16.3. The van der Waals surface area contributed by atoms with Crippen molar-refractivity contribution in [2.24, 2.45) is 0 Å². The van der Waals surface area contributed by atoms with Crippen molar-refractivity contribution < 1.29 is 17.6 Å². The summed E-state index contributed by atoms with van der Waals surface area (Å²) >= 11 is 0. The molecule has 0 saturated heterocycles. The lowest BCUT2D eigenvalue weighted by Gasteiger charge is -2.24. The summed E-state index contributed by atoms with van der Waals surface area (Å²) in [7, 11) is 0. The van der Waals surface area contributed by atoms with Crippen molar-refractivity contribution in [2.75, 3.05) is 5.32 Å². The normalized spacial score (nSPS) is 16.6. The van der Waals surface area contributed by atoms with Crippen LogP contribution >= 0.6 is 0 Å². The fraction of sp³-hybridized carbons (Fsp3) is 0.111. The molecule has 0 spiro atoms. The number of benzene rings is 2. The first-order valence-corrected chi connectivity index (χ1v) is 7.73. The number of alkyl halides is 3. The van der Waals surface area contributed by atoms with Gasteiger partial charge in [-0.15, -0.1) is 0 Å². The quantitative estimate of drug-likeness (QED) is 0.685. The third-order valence-corrected chi connectivity index (χ3v) is 4.14. The van der Waals surface area contributed by atoms with E-state index in [1.165, 1.54) is 30.6 Å². The summed E-state index contributed by atoms with van der Waals surface area (Å²) in [6, 6.07) is 10.4. The molecular formula is C18H12F4N4. The summed E-state index contributed by atoms with van der Waals surface area (Å²) in [5.74, 6) is 0.101. The number of allylic oxidation sites excluding steroid dienone is 1. The van der Waals surface area contributed by atoms with Crippen LogP contribution in [0.5, 0.6) is 0 Å². The number of hydrogen-bond acceptors (Lipinski definition) is 3. The van der Waals surface area contributed by atoms with Gasteiger partial charge in [0, 0.05) is 5.70 Å². The average molecular weight is 360 g/mol. The smallest absolute Gasteiger partial charge is 0.324 e. The largest absolute Gasteiger partial charge is 0.416 e. The fourth-order valence-corrected chi connectivity index (χ4v) is 2.84. The monoisotopic (exact) mass is 360 g/mol. The number of anilines is 1. The topological polar surface area (TPSA) is 42.7 Å². The van der Waals surface area contributed by atoms with Crippen molar-refractivity contribution in [3.8, 4) is 0 Å². The Kier molecular flexibility index (Phi) is 3.75. The van der Waals surface area contributed by atoms with Gasteiger partial charge in [0.2, 0.25) is 5.95 Å². The molecule has 2 heterocycles. The second-order valence-electron chi connectivity index (χ2n) is 5.81. The van der Waals surface area contributed by atoms with E-state index in [4.69, 9.17) is 0 Å². The number of fused-ring (bicyclic) bond motifs is 1. The second-order valence-corrected chi connectivity index (χ2v) is 5.81. The number of nitrogens with zero attached hydrogens (tertiary/aromatic N) is 3. The van der Waals surface area contributed by atoms with Crippen LogP contribution in [0, 0.1) is 5.82 Å². The maximum atomic E-state index is 13.2. The highest BCUT2D eigenvalue weighted by Gasteiger charge is 2.31. The minimum atomic E-state index is -4.39. The molecule has 0 fully saturated rings. The Labute approximate surface area is 145 Å². The van der Waals surface area contributed by atoms with Crippen LogP contribution in [0.4, 0.5) is 23.5 Å². The van der Waals surface area contributed by atoms with E-state index in [9.17, 15) is 17.6 Å². The molecule has 1 N–H and O–H groups in total. The van der Waals surface area contributed by atoms with Gasteiger partial charge in [-0.25, -0.2) is 9.07 Å².